The average Bonchev–Trinajstić information content (AvgIpc) is 3.17. The number of hydrogen-bond donors (Lipinski definition) is 1. The van der Waals surface area contributed by atoms with Crippen LogP contribution in [0.4, 0.5) is 0 Å². The molecule has 0 bridgehead atoms. The lowest BCUT2D eigenvalue weighted by Gasteiger charge is -2.24. The predicted octanol–water partition coefficient (Wildman–Crippen LogP) is 2.10. The van der Waals surface area contributed by atoms with Crippen molar-refractivity contribution in [1.82, 2.24) is 9.80 Å². The van der Waals surface area contributed by atoms with Gasteiger partial charge in [-0.25, -0.2) is 0 Å². The Bertz CT molecular complexity index is 636. The van der Waals surface area contributed by atoms with Crippen molar-refractivity contribution in [1.29, 1.82) is 0 Å². The zero-order chi connectivity index (χ0) is 18.6. The monoisotopic (exact) mass is 360 g/mol. The van der Waals surface area contributed by atoms with Crippen LogP contribution in [-0.4, -0.2) is 66.6 Å². The first-order valence-corrected chi connectivity index (χ1v) is 9.39. The second kappa shape index (κ2) is 8.08. The molecule has 1 N–H and O–H groups in total. The van der Waals surface area contributed by atoms with Crippen LogP contribution < -0.4 is 4.74 Å². The number of nitrogens with zero attached hydrogens (tertiary/aromatic N) is 2. The van der Waals surface area contributed by atoms with Crippen molar-refractivity contribution in [2.75, 3.05) is 39.8 Å². The van der Waals surface area contributed by atoms with E-state index in [9.17, 15) is 14.7 Å². The van der Waals surface area contributed by atoms with Crippen LogP contribution >= 0.6 is 0 Å². The third-order valence-corrected chi connectivity index (χ3v) is 5.80. The van der Waals surface area contributed by atoms with E-state index in [-0.39, 0.29) is 11.8 Å². The standard InChI is InChI=1S/C20H28N2O4/c1-21(11-6-12-26-17-8-3-2-4-9-17)18(23)14-22-13-16-7-5-10-20(16,15-22)19(24)25/h2-4,8-9,16H,5-7,10-15H2,1H3,(H,24,25)/t16-,20+/m0/s1. The molecule has 1 saturated heterocycles. The number of likely N-dealkylation sites (tertiary alicyclic amines) is 1. The number of amides is 1. The average molecular weight is 360 g/mol. The van der Waals surface area contributed by atoms with Crippen molar-refractivity contribution in [2.24, 2.45) is 11.3 Å². The zero-order valence-electron chi connectivity index (χ0n) is 15.4. The van der Waals surface area contributed by atoms with Gasteiger partial charge in [-0.2, -0.15) is 0 Å². The molecule has 1 saturated carbocycles. The number of likely N-dealkylation sites (N-methyl/N-ethyl adjacent to an activating group) is 1. The number of ether oxygens (including phenoxy) is 1. The van der Waals surface area contributed by atoms with E-state index in [0.29, 0.717) is 26.2 Å². The third kappa shape index (κ3) is 4.01. The third-order valence-electron chi connectivity index (χ3n) is 5.80. The molecule has 6 heteroatoms. The van der Waals surface area contributed by atoms with Gasteiger partial charge in [0.15, 0.2) is 0 Å². The number of carbonyl (C=O) groups excluding carboxylic acids is 1. The molecular weight excluding hydrogens is 332 g/mol. The molecule has 0 aromatic heterocycles. The Kier molecular flexibility index (Phi) is 5.81. The summed E-state index contributed by atoms with van der Waals surface area (Å²) in [5.41, 5.74) is -0.623. The van der Waals surface area contributed by atoms with Crippen LogP contribution in [0, 0.1) is 11.3 Å². The fourth-order valence-corrected chi connectivity index (χ4v) is 4.31. The lowest BCUT2D eigenvalue weighted by atomic mass is 9.81. The van der Waals surface area contributed by atoms with Gasteiger partial charge in [0.25, 0.3) is 0 Å². The van der Waals surface area contributed by atoms with Crippen LogP contribution in [0.15, 0.2) is 30.3 Å². The molecule has 3 rings (SSSR count). The Morgan fingerprint density at radius 1 is 1.35 bits per heavy atom. The van der Waals surface area contributed by atoms with E-state index in [1.807, 2.05) is 35.2 Å². The van der Waals surface area contributed by atoms with Gasteiger partial charge in [-0.15, -0.1) is 0 Å². The molecule has 1 aromatic carbocycles. The Labute approximate surface area is 154 Å². The zero-order valence-corrected chi connectivity index (χ0v) is 15.4. The lowest BCUT2D eigenvalue weighted by Crippen LogP contribution is -2.40. The number of fused-ring (bicyclic) bond motifs is 1. The van der Waals surface area contributed by atoms with Gasteiger partial charge in [-0.05, 0) is 37.3 Å². The molecule has 0 unspecified atom stereocenters. The van der Waals surface area contributed by atoms with E-state index in [1.165, 1.54) is 0 Å². The molecule has 142 valence electrons. The molecule has 2 aliphatic rings. The fourth-order valence-electron chi connectivity index (χ4n) is 4.31. The molecule has 0 radical (unpaired) electrons. The van der Waals surface area contributed by atoms with Gasteiger partial charge < -0.3 is 14.7 Å². The van der Waals surface area contributed by atoms with Crippen LogP contribution in [0.1, 0.15) is 25.7 Å². The quantitative estimate of drug-likeness (QED) is 0.719. The minimum absolute atomic E-state index is 0.0465. The van der Waals surface area contributed by atoms with E-state index in [2.05, 4.69) is 0 Å². The molecule has 26 heavy (non-hydrogen) atoms. The SMILES string of the molecule is CN(CCCOc1ccccc1)C(=O)CN1C[C@@H]2CCC[C@@]2(C(=O)O)C1. The first kappa shape index (κ1) is 18.7. The van der Waals surface area contributed by atoms with Crippen LogP contribution in [0.3, 0.4) is 0 Å². The van der Waals surface area contributed by atoms with Gasteiger partial charge >= 0.3 is 5.97 Å². The Morgan fingerprint density at radius 3 is 2.81 bits per heavy atom. The summed E-state index contributed by atoms with van der Waals surface area (Å²) in [6.45, 7) is 2.73. The number of carboxylic acid groups (broad SMARTS) is 1. The van der Waals surface area contributed by atoms with E-state index in [0.717, 1.165) is 38.0 Å². The van der Waals surface area contributed by atoms with Crippen molar-refractivity contribution in [3.05, 3.63) is 30.3 Å². The highest BCUT2D eigenvalue weighted by Gasteiger charge is 2.54. The Balaban J connectivity index is 1.40. The summed E-state index contributed by atoms with van der Waals surface area (Å²) in [5, 5.41) is 9.64. The topological polar surface area (TPSA) is 70.1 Å². The smallest absolute Gasteiger partial charge is 0.311 e. The van der Waals surface area contributed by atoms with E-state index in [4.69, 9.17) is 4.74 Å². The van der Waals surface area contributed by atoms with Crippen molar-refractivity contribution in [3.63, 3.8) is 0 Å². The molecule has 1 amide bonds. The second-order valence-electron chi connectivity index (χ2n) is 7.55. The van der Waals surface area contributed by atoms with Gasteiger partial charge in [0.2, 0.25) is 5.91 Å². The molecule has 6 nitrogen and oxygen atoms in total. The first-order valence-electron chi connectivity index (χ1n) is 9.39. The van der Waals surface area contributed by atoms with Crippen LogP contribution in [0.2, 0.25) is 0 Å². The summed E-state index contributed by atoms with van der Waals surface area (Å²) in [6, 6.07) is 9.63. The lowest BCUT2D eigenvalue weighted by molar-refractivity contribution is -0.149. The highest BCUT2D eigenvalue weighted by molar-refractivity contribution is 5.79. The summed E-state index contributed by atoms with van der Waals surface area (Å²) < 4.78 is 5.65. The normalized spacial score (nSPS) is 25.0. The van der Waals surface area contributed by atoms with Gasteiger partial charge in [0.1, 0.15) is 5.75 Å². The summed E-state index contributed by atoms with van der Waals surface area (Å²) in [6.07, 6.45) is 3.45. The molecule has 2 atom stereocenters. The Hall–Kier alpha value is -2.08. The number of aliphatic carboxylic acids is 1. The van der Waals surface area contributed by atoms with Gasteiger partial charge in [0, 0.05) is 26.7 Å². The molecular formula is C20H28N2O4. The number of benzene rings is 1. The number of para-hydroxylation sites is 1. The van der Waals surface area contributed by atoms with Crippen molar-refractivity contribution in [3.8, 4) is 5.75 Å². The molecule has 0 spiro atoms. The van der Waals surface area contributed by atoms with Crippen LogP contribution in [0.5, 0.6) is 5.75 Å². The van der Waals surface area contributed by atoms with Crippen molar-refractivity contribution < 1.29 is 19.4 Å². The molecule has 2 fully saturated rings. The fraction of sp³-hybridized carbons (Fsp3) is 0.600. The van der Waals surface area contributed by atoms with Crippen molar-refractivity contribution in [2.45, 2.75) is 25.7 Å². The second-order valence-corrected chi connectivity index (χ2v) is 7.55. The number of hydrogen-bond acceptors (Lipinski definition) is 4. The minimum Gasteiger partial charge on any atom is -0.494 e. The molecule has 1 heterocycles. The number of carboxylic acids is 1. The predicted molar refractivity (Wildman–Crippen MR) is 98.0 cm³/mol. The highest BCUT2D eigenvalue weighted by Crippen LogP contribution is 2.48. The van der Waals surface area contributed by atoms with Gasteiger partial charge in [-0.1, -0.05) is 24.6 Å². The summed E-state index contributed by atoms with van der Waals surface area (Å²) >= 11 is 0. The van der Waals surface area contributed by atoms with Gasteiger partial charge in [-0.3, -0.25) is 14.5 Å². The number of rotatable bonds is 8. The molecule has 1 aliphatic carbocycles. The minimum atomic E-state index is -0.693. The van der Waals surface area contributed by atoms with E-state index < -0.39 is 11.4 Å². The maximum absolute atomic E-state index is 12.5. The maximum atomic E-state index is 12.5. The molecule has 1 aromatic rings. The van der Waals surface area contributed by atoms with E-state index >= 15 is 0 Å². The Morgan fingerprint density at radius 2 is 2.12 bits per heavy atom. The number of carbonyl (C=O) groups is 2. The van der Waals surface area contributed by atoms with E-state index in [1.54, 1.807) is 11.9 Å². The maximum Gasteiger partial charge on any atom is 0.311 e. The first-order chi connectivity index (χ1) is 12.5. The summed E-state index contributed by atoms with van der Waals surface area (Å²) in [7, 11) is 1.80. The highest BCUT2D eigenvalue weighted by atomic mass is 16.5. The largest absolute Gasteiger partial charge is 0.494 e. The van der Waals surface area contributed by atoms with Crippen molar-refractivity contribution >= 4 is 11.9 Å². The van der Waals surface area contributed by atoms with Crippen LogP contribution in [-0.2, 0) is 9.59 Å². The summed E-state index contributed by atoms with van der Waals surface area (Å²) in [5.74, 6) is 0.382. The summed E-state index contributed by atoms with van der Waals surface area (Å²) in [4.78, 5) is 27.9. The van der Waals surface area contributed by atoms with Crippen LogP contribution in [0.25, 0.3) is 0 Å². The molecule has 1 aliphatic heterocycles. The van der Waals surface area contributed by atoms with Gasteiger partial charge in [0.05, 0.1) is 18.6 Å².